The van der Waals surface area contributed by atoms with Gasteiger partial charge in [0.2, 0.25) is 5.88 Å². The number of rotatable bonds is 5. The number of piperidine rings is 1. The summed E-state index contributed by atoms with van der Waals surface area (Å²) in [6, 6.07) is 5.43. The molecule has 1 aliphatic heterocycles. The van der Waals surface area contributed by atoms with Crippen LogP contribution in [0.15, 0.2) is 42.9 Å². The molecule has 13 heteroatoms. The Morgan fingerprint density at radius 3 is 2.56 bits per heavy atom. The zero-order valence-electron chi connectivity index (χ0n) is 19.7. The third kappa shape index (κ3) is 5.21. The van der Waals surface area contributed by atoms with Gasteiger partial charge in [-0.25, -0.2) is 25.8 Å². The number of hydrogen-bond acceptors (Lipinski definition) is 9. The van der Waals surface area contributed by atoms with E-state index >= 15 is 0 Å². The van der Waals surface area contributed by atoms with Crippen LogP contribution in [-0.4, -0.2) is 51.6 Å². The standard InChI is InChI=1S/C23H25F3N8O2/c1-22(27)7-10-33(11-8-22)17-4-3-9-30-20(17)34(28)21(35)16-13-29-12-15(31-16)19-14(23(24,25)26)5-6-18(32-19)36-2/h3-6,9,12-13H,7-8,10-11,27-28H2,1-2H3. The second-order valence-corrected chi connectivity index (χ2v) is 8.70. The van der Waals surface area contributed by atoms with Crippen molar-refractivity contribution in [3.05, 3.63) is 54.1 Å². The molecular weight excluding hydrogens is 477 g/mol. The van der Waals surface area contributed by atoms with Crippen LogP contribution in [0, 0.1) is 0 Å². The molecule has 1 fully saturated rings. The van der Waals surface area contributed by atoms with E-state index in [0.29, 0.717) is 18.8 Å². The van der Waals surface area contributed by atoms with Gasteiger partial charge in [0.25, 0.3) is 5.91 Å². The minimum Gasteiger partial charge on any atom is -0.481 e. The molecule has 0 spiro atoms. The number of hydrogen-bond donors (Lipinski definition) is 2. The summed E-state index contributed by atoms with van der Waals surface area (Å²) in [6.07, 6.45) is 0.444. The minimum absolute atomic E-state index is 0.0507. The highest BCUT2D eigenvalue weighted by molar-refractivity contribution is 6.05. The number of methoxy groups -OCH3 is 1. The molecular formula is C23H25F3N8O2. The largest absolute Gasteiger partial charge is 0.481 e. The number of aromatic nitrogens is 4. The smallest absolute Gasteiger partial charge is 0.418 e. The molecule has 4 rings (SSSR count). The van der Waals surface area contributed by atoms with Crippen molar-refractivity contribution in [3.63, 3.8) is 0 Å². The highest BCUT2D eigenvalue weighted by Crippen LogP contribution is 2.36. The second-order valence-electron chi connectivity index (χ2n) is 8.70. The summed E-state index contributed by atoms with van der Waals surface area (Å²) in [5.74, 6) is 5.47. The minimum atomic E-state index is -4.72. The van der Waals surface area contributed by atoms with E-state index in [-0.39, 0.29) is 28.6 Å². The molecule has 0 atom stereocenters. The number of carbonyl (C=O) groups is 1. The summed E-state index contributed by atoms with van der Waals surface area (Å²) >= 11 is 0. The molecule has 0 bridgehead atoms. The number of halogens is 3. The Balaban J connectivity index is 1.67. The maximum atomic E-state index is 13.6. The van der Waals surface area contributed by atoms with Crippen LogP contribution in [0.5, 0.6) is 5.88 Å². The molecule has 36 heavy (non-hydrogen) atoms. The number of carbonyl (C=O) groups excluding carboxylic acids is 1. The van der Waals surface area contributed by atoms with E-state index in [0.717, 1.165) is 42.4 Å². The van der Waals surface area contributed by atoms with Crippen LogP contribution in [-0.2, 0) is 6.18 Å². The van der Waals surface area contributed by atoms with E-state index in [1.807, 2.05) is 11.8 Å². The van der Waals surface area contributed by atoms with Crippen molar-refractivity contribution in [3.8, 4) is 17.3 Å². The fraction of sp³-hybridized carbons (Fsp3) is 0.348. The molecule has 4 N–H and O–H groups in total. The van der Waals surface area contributed by atoms with Crippen molar-refractivity contribution in [1.29, 1.82) is 0 Å². The van der Waals surface area contributed by atoms with Crippen molar-refractivity contribution in [2.45, 2.75) is 31.5 Å². The Morgan fingerprint density at radius 1 is 1.17 bits per heavy atom. The summed E-state index contributed by atoms with van der Waals surface area (Å²) < 4.78 is 45.8. The quantitative estimate of drug-likeness (QED) is 0.307. The number of ether oxygens (including phenoxy) is 1. The van der Waals surface area contributed by atoms with Crippen LogP contribution in [0.2, 0.25) is 0 Å². The van der Waals surface area contributed by atoms with Crippen molar-refractivity contribution < 1.29 is 22.7 Å². The highest BCUT2D eigenvalue weighted by Gasteiger charge is 2.36. The van der Waals surface area contributed by atoms with Gasteiger partial charge in [-0.15, -0.1) is 0 Å². The van der Waals surface area contributed by atoms with Crippen molar-refractivity contribution in [2.24, 2.45) is 11.6 Å². The van der Waals surface area contributed by atoms with Crippen molar-refractivity contribution in [2.75, 3.05) is 30.1 Å². The Labute approximate surface area is 205 Å². The first kappa shape index (κ1) is 25.3. The Bertz CT molecular complexity index is 1260. The fourth-order valence-electron chi connectivity index (χ4n) is 3.86. The number of nitrogens with zero attached hydrogens (tertiary/aromatic N) is 6. The molecule has 1 aliphatic rings. The number of hydrazine groups is 1. The molecule has 10 nitrogen and oxygen atoms in total. The lowest BCUT2D eigenvalue weighted by molar-refractivity contribution is -0.137. The first-order chi connectivity index (χ1) is 17.0. The lowest BCUT2D eigenvalue weighted by Crippen LogP contribution is -2.49. The molecule has 1 amide bonds. The molecule has 0 saturated carbocycles. The summed E-state index contributed by atoms with van der Waals surface area (Å²) in [4.78, 5) is 31.4. The topological polar surface area (TPSA) is 136 Å². The van der Waals surface area contributed by atoms with Gasteiger partial charge < -0.3 is 15.4 Å². The van der Waals surface area contributed by atoms with Crippen LogP contribution < -0.4 is 26.2 Å². The zero-order chi connectivity index (χ0) is 26.1. The third-order valence-electron chi connectivity index (χ3n) is 5.94. The number of nitrogens with two attached hydrogens (primary N) is 2. The van der Waals surface area contributed by atoms with Crippen LogP contribution in [0.3, 0.4) is 0 Å². The van der Waals surface area contributed by atoms with Gasteiger partial charge in [0.15, 0.2) is 5.82 Å². The van der Waals surface area contributed by atoms with E-state index in [4.69, 9.17) is 16.3 Å². The van der Waals surface area contributed by atoms with Gasteiger partial charge in [-0.1, -0.05) is 0 Å². The predicted molar refractivity (Wildman–Crippen MR) is 126 cm³/mol. The molecule has 190 valence electrons. The summed E-state index contributed by atoms with van der Waals surface area (Å²) in [5.41, 5.74) is 4.46. The SMILES string of the molecule is COc1ccc(C(F)(F)F)c(-c2cncc(C(=O)N(N)c3ncccc3N3CCC(C)(N)CC3)n2)n1. The maximum Gasteiger partial charge on any atom is 0.418 e. The lowest BCUT2D eigenvalue weighted by atomic mass is 9.91. The average molecular weight is 503 g/mol. The second kappa shape index (κ2) is 9.66. The van der Waals surface area contributed by atoms with Crippen LogP contribution in [0.1, 0.15) is 35.8 Å². The van der Waals surface area contributed by atoms with E-state index in [2.05, 4.69) is 19.9 Å². The predicted octanol–water partition coefficient (Wildman–Crippen LogP) is 2.80. The molecule has 4 heterocycles. The van der Waals surface area contributed by atoms with Gasteiger partial charge in [-0.3, -0.25) is 9.78 Å². The van der Waals surface area contributed by atoms with E-state index in [1.54, 1.807) is 12.1 Å². The highest BCUT2D eigenvalue weighted by atomic mass is 19.4. The molecule has 0 radical (unpaired) electrons. The monoisotopic (exact) mass is 502 g/mol. The lowest BCUT2D eigenvalue weighted by Gasteiger charge is -2.38. The van der Waals surface area contributed by atoms with Gasteiger partial charge in [-0.2, -0.15) is 13.2 Å². The van der Waals surface area contributed by atoms with Gasteiger partial charge >= 0.3 is 6.18 Å². The first-order valence-electron chi connectivity index (χ1n) is 11.0. The Kier molecular flexibility index (Phi) is 6.78. The van der Waals surface area contributed by atoms with Crippen LogP contribution in [0.25, 0.3) is 11.4 Å². The van der Waals surface area contributed by atoms with Gasteiger partial charge in [0.05, 0.1) is 30.8 Å². The first-order valence-corrected chi connectivity index (χ1v) is 11.0. The van der Waals surface area contributed by atoms with Gasteiger partial charge in [0, 0.05) is 30.9 Å². The molecule has 0 unspecified atom stereocenters. The van der Waals surface area contributed by atoms with Crippen molar-refractivity contribution >= 4 is 17.4 Å². The number of anilines is 2. The summed E-state index contributed by atoms with van der Waals surface area (Å²) in [5, 5.41) is 0.809. The maximum absolute atomic E-state index is 13.6. The van der Waals surface area contributed by atoms with Crippen LogP contribution in [0.4, 0.5) is 24.7 Å². The fourth-order valence-corrected chi connectivity index (χ4v) is 3.86. The number of amides is 1. The van der Waals surface area contributed by atoms with Crippen molar-refractivity contribution in [1.82, 2.24) is 19.9 Å². The average Bonchev–Trinajstić information content (AvgIpc) is 2.87. The normalized spacial score (nSPS) is 15.5. The number of alkyl halides is 3. The molecule has 3 aromatic rings. The molecule has 0 aromatic carbocycles. The van der Waals surface area contributed by atoms with E-state index < -0.39 is 23.3 Å². The Morgan fingerprint density at radius 2 is 1.89 bits per heavy atom. The van der Waals surface area contributed by atoms with Gasteiger partial charge in [0.1, 0.15) is 17.1 Å². The summed E-state index contributed by atoms with van der Waals surface area (Å²) in [7, 11) is 1.28. The van der Waals surface area contributed by atoms with Crippen LogP contribution >= 0.6 is 0 Å². The molecule has 1 saturated heterocycles. The third-order valence-corrected chi connectivity index (χ3v) is 5.94. The molecule has 0 aliphatic carbocycles. The van der Waals surface area contributed by atoms with Gasteiger partial charge in [-0.05, 0) is 38.0 Å². The summed E-state index contributed by atoms with van der Waals surface area (Å²) in [6.45, 7) is 3.27. The van der Waals surface area contributed by atoms with E-state index in [9.17, 15) is 18.0 Å². The zero-order valence-corrected chi connectivity index (χ0v) is 19.7. The van der Waals surface area contributed by atoms with E-state index in [1.165, 1.54) is 13.3 Å². The Hall–Kier alpha value is -3.84. The number of pyridine rings is 2. The molecule has 3 aromatic heterocycles.